The number of aromatic nitrogens is 4. The zero-order valence-electron chi connectivity index (χ0n) is 22.4. The summed E-state index contributed by atoms with van der Waals surface area (Å²) in [6, 6.07) is 10.5. The highest BCUT2D eigenvalue weighted by atomic mass is 16.5. The van der Waals surface area contributed by atoms with Gasteiger partial charge in [0.1, 0.15) is 29.3 Å². The zero-order valence-corrected chi connectivity index (χ0v) is 22.4. The predicted octanol–water partition coefficient (Wildman–Crippen LogP) is 2.98. The van der Waals surface area contributed by atoms with Crippen LogP contribution in [0.5, 0.6) is 5.75 Å². The lowest BCUT2D eigenvalue weighted by Gasteiger charge is -2.30. The minimum absolute atomic E-state index is 0.0386. The van der Waals surface area contributed by atoms with Gasteiger partial charge in [-0.2, -0.15) is 0 Å². The van der Waals surface area contributed by atoms with Gasteiger partial charge in [-0.3, -0.25) is 9.36 Å². The van der Waals surface area contributed by atoms with Crippen molar-refractivity contribution in [2.24, 2.45) is 0 Å². The average molecular weight is 551 g/mol. The molecule has 1 aliphatic rings. The Morgan fingerprint density at radius 3 is 2.60 bits per heavy atom. The van der Waals surface area contributed by atoms with Crippen molar-refractivity contribution in [2.75, 3.05) is 20.3 Å². The molecule has 5 rings (SSSR count). The van der Waals surface area contributed by atoms with E-state index >= 15 is 0 Å². The standard InChI is InChI=1S/C28H30N4O8/c1-28(2,26(34)35)32-25(33)23-20(9-8-19(30-23)24-29-12-15-39-24)31(27(32)36)16-22(40-17-10-13-38-14-11-17)18-6-4-5-7-21(18)37-3/h4-9,12,15,17,22H,10-11,13-14,16H2,1-3H3,(H,34,35)/t22-/m0/s1. The van der Waals surface area contributed by atoms with Crippen LogP contribution in [-0.4, -0.2) is 56.6 Å². The number of nitrogens with zero attached hydrogens (tertiary/aromatic N) is 4. The third-order valence-corrected chi connectivity index (χ3v) is 7.09. The average Bonchev–Trinajstić information content (AvgIpc) is 3.50. The van der Waals surface area contributed by atoms with Crippen LogP contribution in [0.3, 0.4) is 0 Å². The lowest BCUT2D eigenvalue weighted by molar-refractivity contribution is -0.146. The summed E-state index contributed by atoms with van der Waals surface area (Å²) in [5.74, 6) is -0.598. The molecular weight excluding hydrogens is 520 g/mol. The summed E-state index contributed by atoms with van der Waals surface area (Å²) >= 11 is 0. The third-order valence-electron chi connectivity index (χ3n) is 7.09. The van der Waals surface area contributed by atoms with E-state index in [0.29, 0.717) is 37.4 Å². The topological polar surface area (TPSA) is 148 Å². The van der Waals surface area contributed by atoms with E-state index in [9.17, 15) is 19.5 Å². The van der Waals surface area contributed by atoms with Crippen LogP contribution in [0, 0.1) is 0 Å². The first-order chi connectivity index (χ1) is 19.2. The molecule has 1 saturated heterocycles. The molecule has 1 fully saturated rings. The Kier molecular flexibility index (Phi) is 7.55. The lowest BCUT2D eigenvalue weighted by Crippen LogP contribution is -2.53. The maximum atomic E-state index is 14.0. The number of fused-ring (bicyclic) bond motifs is 1. The summed E-state index contributed by atoms with van der Waals surface area (Å²) < 4.78 is 25.0. The summed E-state index contributed by atoms with van der Waals surface area (Å²) in [6.45, 7) is 3.66. The van der Waals surface area contributed by atoms with Gasteiger partial charge in [-0.15, -0.1) is 0 Å². The molecule has 1 atom stereocenters. The first kappa shape index (κ1) is 27.3. The molecule has 12 nitrogen and oxygen atoms in total. The Labute approximate surface area is 228 Å². The van der Waals surface area contributed by atoms with Crippen molar-refractivity contribution in [3.63, 3.8) is 0 Å². The molecular formula is C28H30N4O8. The number of carboxylic acids is 1. The summed E-state index contributed by atoms with van der Waals surface area (Å²) in [7, 11) is 1.55. The molecule has 4 aromatic rings. The Balaban J connectivity index is 1.73. The monoisotopic (exact) mass is 550 g/mol. The minimum atomic E-state index is -1.87. The predicted molar refractivity (Wildman–Crippen MR) is 143 cm³/mol. The molecule has 0 spiro atoms. The molecule has 3 aromatic heterocycles. The van der Waals surface area contributed by atoms with E-state index in [0.717, 1.165) is 4.57 Å². The summed E-state index contributed by atoms with van der Waals surface area (Å²) in [5.41, 5.74) is -2.42. The van der Waals surface area contributed by atoms with Crippen LogP contribution in [0.1, 0.15) is 38.4 Å². The van der Waals surface area contributed by atoms with E-state index in [-0.39, 0.29) is 35.3 Å². The number of pyridine rings is 1. The fourth-order valence-electron chi connectivity index (χ4n) is 4.83. The smallest absolute Gasteiger partial charge is 0.332 e. The van der Waals surface area contributed by atoms with Crippen molar-refractivity contribution < 1.29 is 28.5 Å². The molecule has 0 bridgehead atoms. The van der Waals surface area contributed by atoms with Crippen molar-refractivity contribution in [3.8, 4) is 17.3 Å². The van der Waals surface area contributed by atoms with Gasteiger partial charge in [0.15, 0.2) is 5.52 Å². The lowest BCUT2D eigenvalue weighted by atomic mass is 10.0. The summed E-state index contributed by atoms with van der Waals surface area (Å²) in [4.78, 5) is 48.4. The number of methoxy groups -OCH3 is 1. The molecule has 40 heavy (non-hydrogen) atoms. The van der Waals surface area contributed by atoms with E-state index in [2.05, 4.69) is 9.97 Å². The SMILES string of the molecule is COc1ccccc1[C@H](Cn1c(=O)n(C(C)(C)C(=O)O)c(=O)c2nc(-c3ncco3)ccc21)OC1CCOCC1. The Hall–Kier alpha value is -4.29. The van der Waals surface area contributed by atoms with Gasteiger partial charge >= 0.3 is 11.7 Å². The molecule has 0 amide bonds. The van der Waals surface area contributed by atoms with Gasteiger partial charge in [0, 0.05) is 18.8 Å². The number of carboxylic acid groups (broad SMARTS) is 1. The van der Waals surface area contributed by atoms with E-state index in [1.165, 1.54) is 30.9 Å². The van der Waals surface area contributed by atoms with Crippen molar-refractivity contribution in [1.82, 2.24) is 19.1 Å². The largest absolute Gasteiger partial charge is 0.496 e. The van der Waals surface area contributed by atoms with Gasteiger partial charge in [-0.25, -0.2) is 24.1 Å². The molecule has 210 valence electrons. The van der Waals surface area contributed by atoms with Crippen molar-refractivity contribution in [1.29, 1.82) is 0 Å². The van der Waals surface area contributed by atoms with Crippen LogP contribution in [-0.2, 0) is 26.4 Å². The number of aliphatic carboxylic acids is 1. The fourth-order valence-corrected chi connectivity index (χ4v) is 4.83. The Bertz CT molecular complexity index is 1630. The number of rotatable bonds is 9. The van der Waals surface area contributed by atoms with E-state index < -0.39 is 28.9 Å². The maximum Gasteiger partial charge on any atom is 0.332 e. The van der Waals surface area contributed by atoms with Crippen molar-refractivity contribution in [2.45, 2.75) is 51.0 Å². The number of hydrogen-bond donors (Lipinski definition) is 1. The summed E-state index contributed by atoms with van der Waals surface area (Å²) in [5, 5.41) is 9.95. The van der Waals surface area contributed by atoms with E-state index in [1.54, 1.807) is 25.3 Å². The Morgan fingerprint density at radius 2 is 1.93 bits per heavy atom. The second-order valence-corrected chi connectivity index (χ2v) is 9.98. The molecule has 0 saturated carbocycles. The number of carbonyl (C=O) groups is 1. The van der Waals surface area contributed by atoms with Crippen molar-refractivity contribution >= 4 is 17.0 Å². The van der Waals surface area contributed by atoms with Crippen LogP contribution in [0.25, 0.3) is 22.6 Å². The number of oxazole rings is 1. The Morgan fingerprint density at radius 1 is 1.18 bits per heavy atom. The molecule has 1 aliphatic heterocycles. The maximum absolute atomic E-state index is 14.0. The third kappa shape index (κ3) is 5.03. The van der Waals surface area contributed by atoms with Gasteiger partial charge in [-0.05, 0) is 44.9 Å². The fraction of sp³-hybridized carbons (Fsp3) is 0.393. The number of hydrogen-bond acceptors (Lipinski definition) is 9. The quantitative estimate of drug-likeness (QED) is 0.330. The minimum Gasteiger partial charge on any atom is -0.496 e. The first-order valence-electron chi connectivity index (χ1n) is 12.9. The van der Waals surface area contributed by atoms with Crippen molar-refractivity contribution in [3.05, 3.63) is 75.3 Å². The molecule has 1 aromatic carbocycles. The second-order valence-electron chi connectivity index (χ2n) is 9.98. The zero-order chi connectivity index (χ0) is 28.4. The number of para-hydroxylation sites is 1. The molecule has 12 heteroatoms. The van der Waals surface area contributed by atoms with Crippen LogP contribution < -0.4 is 16.0 Å². The van der Waals surface area contributed by atoms with E-state index in [4.69, 9.17) is 18.6 Å². The highest BCUT2D eigenvalue weighted by Gasteiger charge is 2.35. The van der Waals surface area contributed by atoms with Gasteiger partial charge in [0.2, 0.25) is 5.89 Å². The van der Waals surface area contributed by atoms with Crippen LogP contribution in [0.2, 0.25) is 0 Å². The first-order valence-corrected chi connectivity index (χ1v) is 12.9. The highest BCUT2D eigenvalue weighted by Crippen LogP contribution is 2.32. The number of benzene rings is 1. The second kappa shape index (κ2) is 11.1. The molecule has 0 aliphatic carbocycles. The summed E-state index contributed by atoms with van der Waals surface area (Å²) in [6.07, 6.45) is 3.35. The number of ether oxygens (including phenoxy) is 3. The van der Waals surface area contributed by atoms with Gasteiger partial charge in [-0.1, -0.05) is 18.2 Å². The molecule has 1 N–H and O–H groups in total. The van der Waals surface area contributed by atoms with Crippen LogP contribution >= 0.6 is 0 Å². The molecule has 0 radical (unpaired) electrons. The van der Waals surface area contributed by atoms with E-state index in [1.807, 2.05) is 18.2 Å². The molecule has 0 unspecified atom stereocenters. The van der Waals surface area contributed by atoms with Crippen LogP contribution in [0.15, 0.2) is 62.9 Å². The van der Waals surface area contributed by atoms with Gasteiger partial charge in [0.05, 0.1) is 31.5 Å². The highest BCUT2D eigenvalue weighted by molar-refractivity contribution is 5.79. The molecule has 4 heterocycles. The normalized spacial score (nSPS) is 15.3. The van der Waals surface area contributed by atoms with Gasteiger partial charge < -0.3 is 23.7 Å². The van der Waals surface area contributed by atoms with Gasteiger partial charge in [0.25, 0.3) is 5.56 Å². The van der Waals surface area contributed by atoms with Crippen LogP contribution in [0.4, 0.5) is 0 Å².